The van der Waals surface area contributed by atoms with Crippen molar-refractivity contribution >= 4 is 5.97 Å². The van der Waals surface area contributed by atoms with Gasteiger partial charge >= 0.3 is 5.97 Å². The lowest BCUT2D eigenvalue weighted by Crippen LogP contribution is -2.05. The quantitative estimate of drug-likeness (QED) is 0.521. The van der Waals surface area contributed by atoms with E-state index >= 15 is 0 Å². The molecule has 0 aliphatic carbocycles. The molecule has 3 nitrogen and oxygen atoms in total. The molecule has 70 valence electrons. The second-order valence-corrected chi connectivity index (χ2v) is 3.19. The van der Waals surface area contributed by atoms with Gasteiger partial charge in [0.25, 0.3) is 0 Å². The van der Waals surface area contributed by atoms with Crippen LogP contribution in [-0.2, 0) is 9.53 Å². The molecule has 0 aliphatic rings. The number of hydrogen-bond acceptors (Lipinski definition) is 2. The van der Waals surface area contributed by atoms with E-state index in [-0.39, 0.29) is 5.57 Å². The average molecular weight is 172 g/mol. The molecule has 0 unspecified atom stereocenters. The van der Waals surface area contributed by atoms with Gasteiger partial charge in [0.05, 0.1) is 12.2 Å². The van der Waals surface area contributed by atoms with Gasteiger partial charge in [0.15, 0.2) is 0 Å². The largest absolute Gasteiger partial charge is 0.497 e. The summed E-state index contributed by atoms with van der Waals surface area (Å²) in [5, 5.41) is 8.58. The standard InChI is InChI=1S/C9H16O3/c1-6(2)5-12-8(4)7(3)9(10)11/h6H,5H2,1-4H3,(H,10,11)/b8-7+. The van der Waals surface area contributed by atoms with Crippen molar-refractivity contribution in [1.29, 1.82) is 0 Å². The number of carboxylic acids is 1. The highest BCUT2D eigenvalue weighted by Crippen LogP contribution is 2.06. The van der Waals surface area contributed by atoms with Gasteiger partial charge in [-0.05, 0) is 19.8 Å². The number of rotatable bonds is 4. The SMILES string of the molecule is C/C(OCC(C)C)=C(/C)C(=O)O. The number of aliphatic carboxylic acids is 1. The van der Waals surface area contributed by atoms with Crippen LogP contribution in [0.1, 0.15) is 27.7 Å². The van der Waals surface area contributed by atoms with Crippen LogP contribution in [0.15, 0.2) is 11.3 Å². The number of hydrogen-bond donors (Lipinski definition) is 1. The van der Waals surface area contributed by atoms with Crippen molar-refractivity contribution in [2.75, 3.05) is 6.61 Å². The molecule has 0 fully saturated rings. The van der Waals surface area contributed by atoms with Crippen molar-refractivity contribution < 1.29 is 14.6 Å². The maximum atomic E-state index is 10.4. The van der Waals surface area contributed by atoms with Crippen molar-refractivity contribution in [3.05, 3.63) is 11.3 Å². The van der Waals surface area contributed by atoms with E-state index in [1.54, 1.807) is 6.92 Å². The molecular formula is C9H16O3. The summed E-state index contributed by atoms with van der Waals surface area (Å²) in [6.45, 7) is 7.81. The number of allylic oxidation sites excluding steroid dienone is 1. The first-order chi connectivity index (χ1) is 5.45. The van der Waals surface area contributed by atoms with Crippen molar-refractivity contribution in [2.24, 2.45) is 5.92 Å². The Bertz CT molecular complexity index is 192. The van der Waals surface area contributed by atoms with Gasteiger partial charge in [-0.15, -0.1) is 0 Å². The van der Waals surface area contributed by atoms with E-state index in [9.17, 15) is 4.79 Å². The second kappa shape index (κ2) is 4.80. The first-order valence-corrected chi connectivity index (χ1v) is 3.98. The molecule has 12 heavy (non-hydrogen) atoms. The Morgan fingerprint density at radius 1 is 1.42 bits per heavy atom. The van der Waals surface area contributed by atoms with Crippen LogP contribution in [0, 0.1) is 5.92 Å². The summed E-state index contributed by atoms with van der Waals surface area (Å²) in [6, 6.07) is 0. The van der Waals surface area contributed by atoms with E-state index in [0.717, 1.165) is 0 Å². The van der Waals surface area contributed by atoms with Gasteiger partial charge in [-0.1, -0.05) is 13.8 Å². The molecule has 0 radical (unpaired) electrons. The first-order valence-electron chi connectivity index (χ1n) is 3.98. The average Bonchev–Trinajstić information content (AvgIpc) is 1.98. The Morgan fingerprint density at radius 3 is 2.25 bits per heavy atom. The molecule has 0 aliphatic heterocycles. The van der Waals surface area contributed by atoms with E-state index in [2.05, 4.69) is 0 Å². The van der Waals surface area contributed by atoms with Crippen LogP contribution in [0.2, 0.25) is 0 Å². The van der Waals surface area contributed by atoms with Gasteiger partial charge in [-0.2, -0.15) is 0 Å². The third-order valence-electron chi connectivity index (χ3n) is 1.48. The predicted molar refractivity (Wildman–Crippen MR) is 46.8 cm³/mol. The van der Waals surface area contributed by atoms with E-state index < -0.39 is 5.97 Å². The lowest BCUT2D eigenvalue weighted by Gasteiger charge is -2.09. The maximum absolute atomic E-state index is 10.4. The van der Waals surface area contributed by atoms with Crippen LogP contribution in [0.25, 0.3) is 0 Å². The number of ether oxygens (including phenoxy) is 1. The van der Waals surface area contributed by atoms with Crippen molar-refractivity contribution in [2.45, 2.75) is 27.7 Å². The summed E-state index contributed by atoms with van der Waals surface area (Å²) < 4.78 is 5.23. The fourth-order valence-electron chi connectivity index (χ4n) is 0.551. The predicted octanol–water partition coefficient (Wildman–Crippen LogP) is 2.04. The normalized spacial score (nSPS) is 12.8. The van der Waals surface area contributed by atoms with Crippen LogP contribution in [-0.4, -0.2) is 17.7 Å². The van der Waals surface area contributed by atoms with Crippen LogP contribution in [0.4, 0.5) is 0 Å². The van der Waals surface area contributed by atoms with Crippen molar-refractivity contribution in [1.82, 2.24) is 0 Å². The summed E-state index contributed by atoms with van der Waals surface area (Å²) in [6.07, 6.45) is 0. The minimum Gasteiger partial charge on any atom is -0.497 e. The number of carbonyl (C=O) groups is 1. The van der Waals surface area contributed by atoms with Crippen LogP contribution < -0.4 is 0 Å². The molecular weight excluding hydrogens is 156 g/mol. The van der Waals surface area contributed by atoms with Gasteiger partial charge in [0, 0.05) is 0 Å². The van der Waals surface area contributed by atoms with E-state index in [1.807, 2.05) is 13.8 Å². The fraction of sp³-hybridized carbons (Fsp3) is 0.667. The van der Waals surface area contributed by atoms with Gasteiger partial charge in [-0.3, -0.25) is 0 Å². The Hall–Kier alpha value is -0.990. The lowest BCUT2D eigenvalue weighted by atomic mass is 10.2. The molecule has 0 saturated carbocycles. The van der Waals surface area contributed by atoms with Crippen LogP contribution >= 0.6 is 0 Å². The molecule has 0 atom stereocenters. The Morgan fingerprint density at radius 2 is 1.92 bits per heavy atom. The highest BCUT2D eigenvalue weighted by atomic mass is 16.5. The molecule has 3 heteroatoms. The maximum Gasteiger partial charge on any atom is 0.334 e. The Balaban J connectivity index is 4.09. The number of carboxylic acid groups (broad SMARTS) is 1. The zero-order valence-corrected chi connectivity index (χ0v) is 8.05. The molecule has 0 heterocycles. The lowest BCUT2D eigenvalue weighted by molar-refractivity contribution is -0.132. The molecule has 0 aromatic rings. The fourth-order valence-corrected chi connectivity index (χ4v) is 0.551. The molecule has 0 bridgehead atoms. The smallest absolute Gasteiger partial charge is 0.334 e. The highest BCUT2D eigenvalue weighted by Gasteiger charge is 2.06. The summed E-state index contributed by atoms with van der Waals surface area (Å²) in [5.41, 5.74) is 0.274. The molecule has 0 aromatic carbocycles. The van der Waals surface area contributed by atoms with Crippen LogP contribution in [0.3, 0.4) is 0 Å². The van der Waals surface area contributed by atoms with Gasteiger partial charge in [-0.25, -0.2) is 4.79 Å². The molecule has 1 N–H and O–H groups in total. The third kappa shape index (κ3) is 4.01. The topological polar surface area (TPSA) is 46.5 Å². The summed E-state index contributed by atoms with van der Waals surface area (Å²) >= 11 is 0. The minimum atomic E-state index is -0.920. The molecule has 0 spiro atoms. The molecule has 0 saturated heterocycles. The first kappa shape index (κ1) is 11.0. The highest BCUT2D eigenvalue weighted by molar-refractivity contribution is 5.86. The Labute approximate surface area is 73.0 Å². The summed E-state index contributed by atoms with van der Waals surface area (Å²) in [4.78, 5) is 10.4. The molecule has 0 rings (SSSR count). The zero-order chi connectivity index (χ0) is 9.72. The monoisotopic (exact) mass is 172 g/mol. The van der Waals surface area contributed by atoms with E-state index in [0.29, 0.717) is 18.3 Å². The minimum absolute atomic E-state index is 0.274. The Kier molecular flexibility index (Phi) is 4.40. The second-order valence-electron chi connectivity index (χ2n) is 3.19. The van der Waals surface area contributed by atoms with Gasteiger partial charge < -0.3 is 9.84 Å². The van der Waals surface area contributed by atoms with Gasteiger partial charge in [0.2, 0.25) is 0 Å². The van der Waals surface area contributed by atoms with E-state index in [4.69, 9.17) is 9.84 Å². The van der Waals surface area contributed by atoms with Gasteiger partial charge in [0.1, 0.15) is 5.76 Å². The third-order valence-corrected chi connectivity index (χ3v) is 1.48. The van der Waals surface area contributed by atoms with Crippen molar-refractivity contribution in [3.63, 3.8) is 0 Å². The molecule has 0 amide bonds. The summed E-state index contributed by atoms with van der Waals surface area (Å²) in [5.74, 6) is -0.00555. The summed E-state index contributed by atoms with van der Waals surface area (Å²) in [7, 11) is 0. The van der Waals surface area contributed by atoms with Crippen molar-refractivity contribution in [3.8, 4) is 0 Å². The van der Waals surface area contributed by atoms with Crippen LogP contribution in [0.5, 0.6) is 0 Å². The zero-order valence-electron chi connectivity index (χ0n) is 8.05. The van der Waals surface area contributed by atoms with E-state index in [1.165, 1.54) is 6.92 Å². The molecule has 0 aromatic heterocycles.